The van der Waals surface area contributed by atoms with Gasteiger partial charge < -0.3 is 4.57 Å². The fourth-order valence-electron chi connectivity index (χ4n) is 7.16. The molecular formula is C47H33N3. The van der Waals surface area contributed by atoms with Crippen molar-refractivity contribution in [2.45, 2.75) is 19.8 Å². The van der Waals surface area contributed by atoms with Gasteiger partial charge in [0.2, 0.25) is 0 Å². The van der Waals surface area contributed by atoms with Crippen molar-refractivity contribution in [2.75, 3.05) is 0 Å². The van der Waals surface area contributed by atoms with E-state index in [1.54, 1.807) is 12.1 Å². The molecule has 0 aliphatic rings. The number of aromatic nitrogens is 1. The van der Waals surface area contributed by atoms with Crippen molar-refractivity contribution in [1.82, 2.24) is 4.57 Å². The second-order valence-corrected chi connectivity index (χ2v) is 12.8. The third-order valence-corrected chi connectivity index (χ3v) is 9.80. The minimum Gasteiger partial charge on any atom is -0.309 e. The minimum absolute atomic E-state index is 0.403. The van der Waals surface area contributed by atoms with Crippen LogP contribution in [0.25, 0.3) is 60.9 Å². The molecule has 0 N–H and O–H groups in total. The molecule has 0 saturated carbocycles. The molecule has 0 radical (unpaired) electrons. The zero-order valence-electron chi connectivity index (χ0n) is 27.8. The molecular weight excluding hydrogens is 607 g/mol. The molecule has 50 heavy (non-hydrogen) atoms. The van der Waals surface area contributed by atoms with Crippen molar-refractivity contribution < 1.29 is 0 Å². The van der Waals surface area contributed by atoms with Gasteiger partial charge in [-0.05, 0) is 118 Å². The van der Waals surface area contributed by atoms with E-state index in [2.05, 4.69) is 163 Å². The molecule has 0 aliphatic carbocycles. The molecule has 8 rings (SSSR count). The monoisotopic (exact) mass is 639 g/mol. The van der Waals surface area contributed by atoms with Gasteiger partial charge in [-0.3, -0.25) is 0 Å². The van der Waals surface area contributed by atoms with Crippen LogP contribution in [0.15, 0.2) is 158 Å². The van der Waals surface area contributed by atoms with Crippen LogP contribution in [0.1, 0.15) is 27.8 Å². The normalized spacial score (nSPS) is 11.0. The molecule has 0 unspecified atom stereocenters. The van der Waals surface area contributed by atoms with Crippen molar-refractivity contribution in [1.29, 1.82) is 10.5 Å². The summed E-state index contributed by atoms with van der Waals surface area (Å²) in [6, 6.07) is 59.9. The zero-order valence-corrected chi connectivity index (χ0v) is 27.8. The summed E-state index contributed by atoms with van der Waals surface area (Å²) in [7, 11) is 0. The van der Waals surface area contributed by atoms with E-state index in [1.807, 2.05) is 6.07 Å². The van der Waals surface area contributed by atoms with Crippen LogP contribution in [0.2, 0.25) is 0 Å². The number of para-hydroxylation sites is 2. The van der Waals surface area contributed by atoms with Crippen LogP contribution < -0.4 is 0 Å². The molecule has 1 heterocycles. The van der Waals surface area contributed by atoms with Gasteiger partial charge in [0.1, 0.15) is 12.1 Å². The van der Waals surface area contributed by atoms with Crippen molar-refractivity contribution in [2.24, 2.45) is 0 Å². The molecule has 0 aliphatic heterocycles. The number of hydrogen-bond donors (Lipinski definition) is 0. The summed E-state index contributed by atoms with van der Waals surface area (Å²) in [6.07, 6.45) is 1.83. The molecule has 3 heteroatoms. The van der Waals surface area contributed by atoms with Gasteiger partial charge in [-0.2, -0.15) is 10.5 Å². The largest absolute Gasteiger partial charge is 0.309 e. The van der Waals surface area contributed by atoms with E-state index in [0.29, 0.717) is 11.1 Å². The molecule has 1 aromatic heterocycles. The molecule has 8 aromatic rings. The van der Waals surface area contributed by atoms with Crippen LogP contribution in [0.4, 0.5) is 0 Å². The smallest absolute Gasteiger partial charge is 0.101 e. The predicted molar refractivity (Wildman–Crippen MR) is 205 cm³/mol. The van der Waals surface area contributed by atoms with E-state index in [4.69, 9.17) is 0 Å². The summed E-state index contributed by atoms with van der Waals surface area (Å²) in [5, 5.41) is 21.2. The summed E-state index contributed by atoms with van der Waals surface area (Å²) >= 11 is 0. The summed E-state index contributed by atoms with van der Waals surface area (Å²) in [4.78, 5) is 0. The molecule has 0 amide bonds. The summed E-state index contributed by atoms with van der Waals surface area (Å²) in [5.41, 5.74) is 15.1. The first-order valence-corrected chi connectivity index (χ1v) is 16.9. The first kappa shape index (κ1) is 30.6. The van der Waals surface area contributed by atoms with Crippen molar-refractivity contribution in [3.8, 4) is 51.2 Å². The highest BCUT2D eigenvalue weighted by atomic mass is 15.0. The van der Waals surface area contributed by atoms with E-state index in [9.17, 15) is 10.5 Å². The van der Waals surface area contributed by atoms with Gasteiger partial charge in [0.05, 0.1) is 22.2 Å². The summed E-state index contributed by atoms with van der Waals surface area (Å²) < 4.78 is 2.36. The van der Waals surface area contributed by atoms with Crippen LogP contribution in [-0.4, -0.2) is 4.57 Å². The zero-order chi connectivity index (χ0) is 34.0. The first-order valence-electron chi connectivity index (χ1n) is 16.9. The van der Waals surface area contributed by atoms with Crippen LogP contribution in [0.3, 0.4) is 0 Å². The third-order valence-electron chi connectivity index (χ3n) is 9.80. The van der Waals surface area contributed by atoms with Crippen LogP contribution in [0, 0.1) is 29.6 Å². The van der Waals surface area contributed by atoms with Crippen LogP contribution in [0.5, 0.6) is 0 Å². The van der Waals surface area contributed by atoms with Crippen molar-refractivity contribution in [3.05, 3.63) is 186 Å². The number of nitrogens with zero attached hydrogens (tertiary/aromatic N) is 3. The lowest BCUT2D eigenvalue weighted by Crippen LogP contribution is -1.96. The second-order valence-electron chi connectivity index (χ2n) is 12.8. The van der Waals surface area contributed by atoms with Gasteiger partial charge >= 0.3 is 0 Å². The number of fused-ring (bicyclic) bond motifs is 3. The van der Waals surface area contributed by atoms with E-state index in [1.165, 1.54) is 60.8 Å². The second kappa shape index (κ2) is 13.1. The molecule has 0 fully saturated rings. The van der Waals surface area contributed by atoms with Gasteiger partial charge in [0.25, 0.3) is 0 Å². The van der Waals surface area contributed by atoms with Crippen molar-refractivity contribution >= 4 is 21.8 Å². The Morgan fingerprint density at radius 3 is 1.94 bits per heavy atom. The fraction of sp³-hybridized carbons (Fsp3) is 0.0638. The SMILES string of the molecule is Cc1ccc(-c2ccc3c(c2)c2ccccc2n3-c2ccccc2)cc1-c1ccccc1CCc1ccc(-c2ccc(C#N)c(C#N)c2)cc1. The molecule has 236 valence electrons. The molecule has 3 nitrogen and oxygen atoms in total. The number of rotatable bonds is 7. The number of nitriles is 2. The highest BCUT2D eigenvalue weighted by Crippen LogP contribution is 2.37. The molecule has 0 spiro atoms. The highest BCUT2D eigenvalue weighted by Gasteiger charge is 2.15. The molecule has 0 bridgehead atoms. The lowest BCUT2D eigenvalue weighted by atomic mass is 9.90. The minimum atomic E-state index is 0.403. The quantitative estimate of drug-likeness (QED) is 0.174. The van der Waals surface area contributed by atoms with Gasteiger partial charge in [-0.25, -0.2) is 0 Å². The summed E-state index contributed by atoms with van der Waals surface area (Å²) in [5.74, 6) is 0. The number of benzene rings is 7. The van der Waals surface area contributed by atoms with E-state index in [-0.39, 0.29) is 0 Å². The van der Waals surface area contributed by atoms with Gasteiger partial charge in [0, 0.05) is 16.5 Å². The fourth-order valence-corrected chi connectivity index (χ4v) is 7.16. The van der Waals surface area contributed by atoms with E-state index >= 15 is 0 Å². The molecule has 0 atom stereocenters. The highest BCUT2D eigenvalue weighted by molar-refractivity contribution is 6.10. The van der Waals surface area contributed by atoms with Crippen LogP contribution in [-0.2, 0) is 12.8 Å². The molecule has 7 aromatic carbocycles. The third kappa shape index (κ3) is 5.62. The maximum atomic E-state index is 9.45. The Balaban J connectivity index is 1.09. The maximum Gasteiger partial charge on any atom is 0.101 e. The molecule has 0 saturated heterocycles. The standard InChI is InChI=1S/C47H33N3/c1-32-15-19-37(38-25-26-47-45(29-38)43-13-7-8-14-46(43)50(47)41-10-3-2-4-11-41)28-44(32)42-12-6-5-9-35(42)22-18-33-16-20-34(21-17-33)36-23-24-39(30-48)40(27-36)31-49/h2-17,19-21,23-29H,18,22H2,1H3. The Morgan fingerprint density at radius 1 is 0.480 bits per heavy atom. The van der Waals surface area contributed by atoms with Gasteiger partial charge in [0.15, 0.2) is 0 Å². The number of hydrogen-bond acceptors (Lipinski definition) is 2. The lowest BCUT2D eigenvalue weighted by Gasteiger charge is -2.15. The van der Waals surface area contributed by atoms with Gasteiger partial charge in [-0.1, -0.05) is 109 Å². The average molecular weight is 640 g/mol. The predicted octanol–water partition coefficient (Wildman–Crippen LogP) is 11.6. The maximum absolute atomic E-state index is 9.45. The van der Waals surface area contributed by atoms with E-state index in [0.717, 1.165) is 29.7 Å². The first-order chi connectivity index (χ1) is 24.6. The number of aryl methyl sites for hydroxylation is 3. The average Bonchev–Trinajstić information content (AvgIpc) is 3.51. The lowest BCUT2D eigenvalue weighted by molar-refractivity contribution is 0.962. The Hall–Kier alpha value is -6.68. The van der Waals surface area contributed by atoms with Gasteiger partial charge in [-0.15, -0.1) is 0 Å². The Labute approximate surface area is 292 Å². The van der Waals surface area contributed by atoms with Crippen LogP contribution >= 0.6 is 0 Å². The Bertz CT molecular complexity index is 2610. The van der Waals surface area contributed by atoms with Crippen molar-refractivity contribution in [3.63, 3.8) is 0 Å². The Kier molecular flexibility index (Phi) is 8.02. The van der Waals surface area contributed by atoms with E-state index < -0.39 is 0 Å². The topological polar surface area (TPSA) is 52.5 Å². The Morgan fingerprint density at radius 2 is 1.12 bits per heavy atom. The summed E-state index contributed by atoms with van der Waals surface area (Å²) in [6.45, 7) is 2.20.